The van der Waals surface area contributed by atoms with Gasteiger partial charge in [0.2, 0.25) is 5.91 Å². The minimum atomic E-state index is -0.544. The average molecular weight is 423 g/mol. The molecule has 0 radical (unpaired) electrons. The molecule has 0 aromatic heterocycles. The number of ether oxygens (including phenoxy) is 1. The summed E-state index contributed by atoms with van der Waals surface area (Å²) in [6.45, 7) is 7.86. The fraction of sp³-hybridized carbons (Fsp3) is 0.636. The fourth-order valence-corrected chi connectivity index (χ4v) is 5.16. The van der Waals surface area contributed by atoms with E-state index in [4.69, 9.17) is 4.74 Å². The van der Waals surface area contributed by atoms with Crippen LogP contribution >= 0.6 is 11.8 Å². The van der Waals surface area contributed by atoms with Crippen LogP contribution in [0.15, 0.2) is 24.3 Å². The van der Waals surface area contributed by atoms with Gasteiger partial charge in [0, 0.05) is 42.7 Å². The molecule has 1 aromatic carbocycles. The van der Waals surface area contributed by atoms with Gasteiger partial charge in [-0.3, -0.25) is 4.79 Å². The highest BCUT2D eigenvalue weighted by molar-refractivity contribution is 7.99. The zero-order valence-electron chi connectivity index (χ0n) is 17.5. The first-order valence-corrected chi connectivity index (χ1v) is 11.4. The molecule has 5 nitrogen and oxygen atoms in total. The predicted octanol–water partition coefficient (Wildman–Crippen LogP) is 4.48. The molecule has 7 heteroatoms. The molecule has 160 valence electrons. The van der Waals surface area contributed by atoms with Gasteiger partial charge in [-0.05, 0) is 46.1 Å². The van der Waals surface area contributed by atoms with Gasteiger partial charge in [0.1, 0.15) is 11.4 Å². The normalized spacial score (nSPS) is 23.4. The first-order valence-electron chi connectivity index (χ1n) is 10.4. The Morgan fingerprint density at radius 3 is 2.59 bits per heavy atom. The first kappa shape index (κ1) is 21.9. The van der Waals surface area contributed by atoms with Gasteiger partial charge in [0.05, 0.1) is 5.92 Å². The van der Waals surface area contributed by atoms with E-state index in [2.05, 4.69) is 0 Å². The zero-order valence-corrected chi connectivity index (χ0v) is 18.3. The van der Waals surface area contributed by atoms with Gasteiger partial charge in [-0.2, -0.15) is 11.8 Å². The van der Waals surface area contributed by atoms with Crippen molar-refractivity contribution in [3.63, 3.8) is 0 Å². The van der Waals surface area contributed by atoms with Gasteiger partial charge >= 0.3 is 6.09 Å². The molecule has 29 heavy (non-hydrogen) atoms. The Balaban J connectivity index is 1.58. The number of hydrogen-bond acceptors (Lipinski definition) is 4. The first-order chi connectivity index (χ1) is 13.7. The summed E-state index contributed by atoms with van der Waals surface area (Å²) in [7, 11) is 0. The monoisotopic (exact) mass is 422 g/mol. The molecule has 2 unspecified atom stereocenters. The maximum Gasteiger partial charge on any atom is 0.410 e. The van der Waals surface area contributed by atoms with Crippen molar-refractivity contribution in [3.05, 3.63) is 35.6 Å². The summed E-state index contributed by atoms with van der Waals surface area (Å²) in [5.41, 5.74) is 0.179. The number of hydrogen-bond donors (Lipinski definition) is 0. The molecule has 0 saturated carbocycles. The predicted molar refractivity (Wildman–Crippen MR) is 113 cm³/mol. The SMILES string of the molecule is CC(C)(C)OC(=O)N1CCCC(C(=O)N2CCSC(c3ccccc3F)CC2)C1. The van der Waals surface area contributed by atoms with Crippen LogP contribution in [0.4, 0.5) is 9.18 Å². The van der Waals surface area contributed by atoms with Crippen molar-refractivity contribution in [2.75, 3.05) is 31.9 Å². The van der Waals surface area contributed by atoms with Crippen molar-refractivity contribution in [3.8, 4) is 0 Å². The van der Waals surface area contributed by atoms with Gasteiger partial charge in [-0.15, -0.1) is 0 Å². The number of benzene rings is 1. The van der Waals surface area contributed by atoms with Crippen molar-refractivity contribution < 1.29 is 18.7 Å². The van der Waals surface area contributed by atoms with Crippen LogP contribution in [0.5, 0.6) is 0 Å². The van der Waals surface area contributed by atoms with Crippen molar-refractivity contribution in [1.82, 2.24) is 9.80 Å². The second-order valence-corrected chi connectivity index (χ2v) is 10.1. The number of thioether (sulfide) groups is 1. The van der Waals surface area contributed by atoms with Gasteiger partial charge in [0.25, 0.3) is 0 Å². The molecule has 0 bridgehead atoms. The lowest BCUT2D eigenvalue weighted by Gasteiger charge is -2.35. The van der Waals surface area contributed by atoms with Crippen LogP contribution in [-0.2, 0) is 9.53 Å². The Hall–Kier alpha value is -1.76. The minimum Gasteiger partial charge on any atom is -0.444 e. The molecule has 2 heterocycles. The third-order valence-corrected chi connectivity index (χ3v) is 6.64. The number of rotatable bonds is 2. The molecule has 2 fully saturated rings. The van der Waals surface area contributed by atoms with E-state index in [0.717, 1.165) is 30.6 Å². The van der Waals surface area contributed by atoms with E-state index >= 15 is 0 Å². The fourth-order valence-electron chi connectivity index (χ4n) is 3.90. The molecule has 2 aliphatic heterocycles. The van der Waals surface area contributed by atoms with Gasteiger partial charge < -0.3 is 14.5 Å². The highest BCUT2D eigenvalue weighted by atomic mass is 32.2. The molecule has 0 aliphatic carbocycles. The Bertz CT molecular complexity index is 737. The smallest absolute Gasteiger partial charge is 0.410 e. The number of halogens is 1. The summed E-state index contributed by atoms with van der Waals surface area (Å²) in [5, 5.41) is 0.0682. The van der Waals surface area contributed by atoms with E-state index in [1.54, 1.807) is 22.7 Å². The van der Waals surface area contributed by atoms with Crippen LogP contribution < -0.4 is 0 Å². The maximum absolute atomic E-state index is 14.1. The van der Waals surface area contributed by atoms with Crippen molar-refractivity contribution in [2.45, 2.75) is 50.9 Å². The minimum absolute atomic E-state index is 0.0682. The molecular weight excluding hydrogens is 391 g/mol. The van der Waals surface area contributed by atoms with E-state index in [1.165, 1.54) is 6.07 Å². The molecule has 2 saturated heterocycles. The summed E-state index contributed by atoms with van der Waals surface area (Å²) in [4.78, 5) is 29.1. The number of amides is 2. The number of carbonyl (C=O) groups excluding carboxylic acids is 2. The Labute approximate surface area is 177 Å². The number of carbonyl (C=O) groups is 2. The van der Waals surface area contributed by atoms with Crippen LogP contribution in [0.2, 0.25) is 0 Å². The largest absolute Gasteiger partial charge is 0.444 e. The zero-order chi connectivity index (χ0) is 21.0. The lowest BCUT2D eigenvalue weighted by molar-refractivity contribution is -0.136. The van der Waals surface area contributed by atoms with Crippen LogP contribution in [0.1, 0.15) is 50.8 Å². The highest BCUT2D eigenvalue weighted by Crippen LogP contribution is 2.36. The maximum atomic E-state index is 14.1. The Morgan fingerprint density at radius 2 is 1.86 bits per heavy atom. The third-order valence-electron chi connectivity index (χ3n) is 5.33. The highest BCUT2D eigenvalue weighted by Gasteiger charge is 2.34. The number of likely N-dealkylation sites (tertiary alicyclic amines) is 1. The molecule has 2 atom stereocenters. The van der Waals surface area contributed by atoms with E-state index in [0.29, 0.717) is 26.2 Å². The van der Waals surface area contributed by atoms with Crippen LogP contribution in [-0.4, -0.2) is 59.3 Å². The number of nitrogens with zero attached hydrogens (tertiary/aromatic N) is 2. The van der Waals surface area contributed by atoms with E-state index < -0.39 is 5.60 Å². The standard InChI is InChI=1S/C22H31FN2O3S/c1-22(2,3)28-21(27)25-11-6-7-16(15-25)20(26)24-12-10-19(29-14-13-24)17-8-4-5-9-18(17)23/h4-5,8-9,16,19H,6-7,10-15H2,1-3H3. The quantitative estimate of drug-likeness (QED) is 0.705. The second-order valence-electron chi connectivity index (χ2n) is 8.76. The summed E-state index contributed by atoms with van der Waals surface area (Å²) >= 11 is 1.71. The van der Waals surface area contributed by atoms with Gasteiger partial charge in [-0.25, -0.2) is 9.18 Å². The second kappa shape index (κ2) is 9.37. The lowest BCUT2D eigenvalue weighted by Crippen LogP contribution is -2.48. The third kappa shape index (κ3) is 5.87. The molecule has 0 spiro atoms. The summed E-state index contributed by atoms with van der Waals surface area (Å²) in [5.74, 6) is 0.525. The topological polar surface area (TPSA) is 49.9 Å². The lowest BCUT2D eigenvalue weighted by atomic mass is 9.96. The molecule has 3 rings (SSSR count). The summed E-state index contributed by atoms with van der Waals surface area (Å²) in [6.07, 6.45) is 1.98. The van der Waals surface area contributed by atoms with E-state index in [-0.39, 0.29) is 29.0 Å². The molecule has 0 N–H and O–H groups in total. The Kier molecular flexibility index (Phi) is 7.09. The van der Waals surface area contributed by atoms with Gasteiger partial charge in [-0.1, -0.05) is 18.2 Å². The summed E-state index contributed by atoms with van der Waals surface area (Å²) < 4.78 is 19.6. The van der Waals surface area contributed by atoms with Crippen molar-refractivity contribution >= 4 is 23.8 Å². The van der Waals surface area contributed by atoms with E-state index in [1.807, 2.05) is 37.8 Å². The van der Waals surface area contributed by atoms with E-state index in [9.17, 15) is 14.0 Å². The van der Waals surface area contributed by atoms with Crippen LogP contribution in [0.3, 0.4) is 0 Å². The van der Waals surface area contributed by atoms with Crippen LogP contribution in [0, 0.1) is 11.7 Å². The van der Waals surface area contributed by atoms with Gasteiger partial charge in [0.15, 0.2) is 0 Å². The van der Waals surface area contributed by atoms with Crippen molar-refractivity contribution in [2.24, 2.45) is 5.92 Å². The average Bonchev–Trinajstić information content (AvgIpc) is 2.93. The molecule has 2 amide bonds. The molecule has 1 aromatic rings. The number of piperidine rings is 1. The van der Waals surface area contributed by atoms with Crippen LogP contribution in [0.25, 0.3) is 0 Å². The molecule has 2 aliphatic rings. The Morgan fingerprint density at radius 1 is 1.10 bits per heavy atom. The van der Waals surface area contributed by atoms with Crippen molar-refractivity contribution in [1.29, 1.82) is 0 Å². The molecular formula is C22H31FN2O3S. The summed E-state index contributed by atoms with van der Waals surface area (Å²) in [6, 6.07) is 6.90.